The summed E-state index contributed by atoms with van der Waals surface area (Å²) in [5, 5.41) is 13.7. The van der Waals surface area contributed by atoms with Gasteiger partial charge in [0.25, 0.3) is 0 Å². The van der Waals surface area contributed by atoms with Crippen molar-refractivity contribution in [1.82, 2.24) is 20.1 Å². The second kappa shape index (κ2) is 7.46. The molecular weight excluding hydrogens is 346 g/mol. The van der Waals surface area contributed by atoms with Crippen LogP contribution in [0.5, 0.6) is 0 Å². The molecule has 0 atom stereocenters. The number of pyridine rings is 1. The lowest BCUT2D eigenvalue weighted by Gasteiger charge is -2.17. The van der Waals surface area contributed by atoms with Crippen LogP contribution in [0.2, 0.25) is 5.15 Å². The molecule has 128 valence electrons. The molecule has 0 aliphatic carbocycles. The topological polar surface area (TPSA) is 73.9 Å². The van der Waals surface area contributed by atoms with Gasteiger partial charge in [-0.1, -0.05) is 25.4 Å². The number of aromatic amines is 1. The van der Waals surface area contributed by atoms with Crippen molar-refractivity contribution < 1.29 is 0 Å². The zero-order valence-corrected chi connectivity index (χ0v) is 15.3. The molecule has 0 saturated carbocycles. The number of fused-ring (bicyclic) bond motifs is 2. The number of nitrogens with zero attached hydrogens (tertiary/aromatic N) is 3. The minimum Gasteiger partial charge on any atom is -0.367 e. The van der Waals surface area contributed by atoms with Crippen molar-refractivity contribution in [3.63, 3.8) is 0 Å². The van der Waals surface area contributed by atoms with Gasteiger partial charge in [-0.2, -0.15) is 0 Å². The SMILES string of the molecule is CCN(CC)CCCNc1nnc(Cl)c2c(=O)c3sccc3[nH]c12. The summed E-state index contributed by atoms with van der Waals surface area (Å²) < 4.78 is 0.657. The largest absolute Gasteiger partial charge is 0.367 e. The number of aromatic nitrogens is 3. The van der Waals surface area contributed by atoms with Gasteiger partial charge in [0.15, 0.2) is 11.0 Å². The third kappa shape index (κ3) is 3.24. The van der Waals surface area contributed by atoms with Crippen LogP contribution in [-0.2, 0) is 0 Å². The van der Waals surface area contributed by atoms with Gasteiger partial charge in [0.1, 0.15) is 0 Å². The monoisotopic (exact) mass is 365 g/mol. The van der Waals surface area contributed by atoms with Crippen LogP contribution in [0.3, 0.4) is 0 Å². The zero-order chi connectivity index (χ0) is 17.1. The number of anilines is 1. The van der Waals surface area contributed by atoms with Gasteiger partial charge < -0.3 is 15.2 Å². The van der Waals surface area contributed by atoms with E-state index in [1.54, 1.807) is 0 Å². The first-order valence-corrected chi connectivity index (χ1v) is 9.33. The molecule has 3 aromatic heterocycles. The van der Waals surface area contributed by atoms with E-state index < -0.39 is 0 Å². The first kappa shape index (κ1) is 17.1. The van der Waals surface area contributed by atoms with E-state index in [4.69, 9.17) is 11.6 Å². The molecule has 6 nitrogen and oxygen atoms in total. The molecule has 0 spiro atoms. The standard InChI is InChI=1S/C16H20ClN5OS/c1-3-22(4-2)8-5-7-18-16-12-11(15(17)20-21-16)13(23)14-10(19-12)6-9-24-14/h6,9H,3-5,7-8H2,1-2H3,(H,18,21)(H,19,23). The second-order valence-corrected chi connectivity index (χ2v) is 6.79. The highest BCUT2D eigenvalue weighted by molar-refractivity contribution is 7.17. The van der Waals surface area contributed by atoms with Crippen molar-refractivity contribution in [2.45, 2.75) is 20.3 Å². The summed E-state index contributed by atoms with van der Waals surface area (Å²) in [4.78, 5) is 18.3. The van der Waals surface area contributed by atoms with Crippen LogP contribution >= 0.6 is 22.9 Å². The fourth-order valence-corrected chi connectivity index (χ4v) is 3.76. The minimum absolute atomic E-state index is 0.0974. The van der Waals surface area contributed by atoms with Crippen LogP contribution in [0.4, 0.5) is 5.82 Å². The molecule has 3 rings (SSSR count). The number of hydrogen-bond acceptors (Lipinski definition) is 6. The van der Waals surface area contributed by atoms with Gasteiger partial charge in [0, 0.05) is 6.54 Å². The molecule has 0 aromatic carbocycles. The van der Waals surface area contributed by atoms with E-state index in [0.29, 0.717) is 21.4 Å². The second-order valence-electron chi connectivity index (χ2n) is 5.51. The highest BCUT2D eigenvalue weighted by Gasteiger charge is 2.15. The lowest BCUT2D eigenvalue weighted by Crippen LogP contribution is -2.25. The molecular formula is C16H20ClN5OS. The minimum atomic E-state index is -0.0974. The Kier molecular flexibility index (Phi) is 5.33. The van der Waals surface area contributed by atoms with E-state index in [1.807, 2.05) is 11.4 Å². The van der Waals surface area contributed by atoms with Gasteiger partial charge in [-0.3, -0.25) is 4.79 Å². The third-order valence-corrected chi connectivity index (χ3v) is 5.30. The summed E-state index contributed by atoms with van der Waals surface area (Å²) in [7, 11) is 0. The Bertz CT molecular complexity index is 902. The summed E-state index contributed by atoms with van der Waals surface area (Å²) >= 11 is 7.52. The molecule has 2 N–H and O–H groups in total. The molecule has 0 aliphatic rings. The molecule has 3 heterocycles. The van der Waals surface area contributed by atoms with Crippen LogP contribution < -0.4 is 10.7 Å². The van der Waals surface area contributed by atoms with E-state index in [1.165, 1.54) is 11.3 Å². The first-order valence-electron chi connectivity index (χ1n) is 8.07. The smallest absolute Gasteiger partial charge is 0.210 e. The Hall–Kier alpha value is -1.70. The summed E-state index contributed by atoms with van der Waals surface area (Å²) in [5.41, 5.74) is 1.32. The summed E-state index contributed by atoms with van der Waals surface area (Å²) in [6, 6.07) is 1.89. The number of halogens is 1. The molecule has 0 bridgehead atoms. The average Bonchev–Trinajstić information content (AvgIpc) is 3.06. The summed E-state index contributed by atoms with van der Waals surface area (Å²) in [6.45, 7) is 8.18. The van der Waals surface area contributed by atoms with E-state index in [2.05, 4.69) is 39.2 Å². The van der Waals surface area contributed by atoms with E-state index in [9.17, 15) is 4.79 Å². The highest BCUT2D eigenvalue weighted by atomic mass is 35.5. The van der Waals surface area contributed by atoms with Crippen molar-refractivity contribution in [3.8, 4) is 0 Å². The van der Waals surface area contributed by atoms with Gasteiger partial charge in [0.05, 0.1) is 21.1 Å². The molecule has 0 radical (unpaired) electrons. The maximum Gasteiger partial charge on any atom is 0.210 e. The highest BCUT2D eigenvalue weighted by Crippen LogP contribution is 2.26. The van der Waals surface area contributed by atoms with Crippen LogP contribution in [0.1, 0.15) is 20.3 Å². The van der Waals surface area contributed by atoms with Crippen molar-refractivity contribution >= 4 is 49.9 Å². The Morgan fingerprint density at radius 2 is 2.12 bits per heavy atom. The van der Waals surface area contributed by atoms with Crippen LogP contribution in [0, 0.1) is 0 Å². The lowest BCUT2D eigenvalue weighted by molar-refractivity contribution is 0.303. The first-order chi connectivity index (χ1) is 11.7. The van der Waals surface area contributed by atoms with E-state index >= 15 is 0 Å². The van der Waals surface area contributed by atoms with E-state index in [-0.39, 0.29) is 10.6 Å². The lowest BCUT2D eigenvalue weighted by atomic mass is 10.2. The predicted octanol–water partition coefficient (Wildman–Crippen LogP) is 3.33. The molecule has 24 heavy (non-hydrogen) atoms. The number of rotatable bonds is 7. The number of hydrogen-bond donors (Lipinski definition) is 2. The van der Waals surface area contributed by atoms with Gasteiger partial charge >= 0.3 is 0 Å². The van der Waals surface area contributed by atoms with Gasteiger partial charge in [-0.05, 0) is 37.5 Å². The zero-order valence-electron chi connectivity index (χ0n) is 13.7. The molecule has 0 amide bonds. The Labute approximate surface area is 148 Å². The molecule has 0 aliphatic heterocycles. The molecule has 0 unspecified atom stereocenters. The predicted molar refractivity (Wildman–Crippen MR) is 101 cm³/mol. The Balaban J connectivity index is 1.87. The summed E-state index contributed by atoms with van der Waals surface area (Å²) in [5.74, 6) is 0.569. The van der Waals surface area contributed by atoms with Crippen LogP contribution in [-0.4, -0.2) is 46.3 Å². The molecule has 0 saturated heterocycles. The van der Waals surface area contributed by atoms with Crippen LogP contribution in [0.25, 0.3) is 21.1 Å². The maximum atomic E-state index is 12.6. The Morgan fingerprint density at radius 3 is 2.88 bits per heavy atom. The van der Waals surface area contributed by atoms with Crippen molar-refractivity contribution in [3.05, 3.63) is 26.8 Å². The maximum absolute atomic E-state index is 12.6. The number of nitrogens with one attached hydrogen (secondary N) is 2. The van der Waals surface area contributed by atoms with E-state index in [0.717, 1.165) is 38.1 Å². The van der Waals surface area contributed by atoms with Gasteiger partial charge in [0.2, 0.25) is 5.43 Å². The molecule has 8 heteroatoms. The fourth-order valence-electron chi connectivity index (χ4n) is 2.75. The molecule has 0 fully saturated rings. The van der Waals surface area contributed by atoms with Crippen molar-refractivity contribution in [2.75, 3.05) is 31.5 Å². The number of thiophene rings is 1. The summed E-state index contributed by atoms with van der Waals surface area (Å²) in [6.07, 6.45) is 0.985. The average molecular weight is 366 g/mol. The van der Waals surface area contributed by atoms with Gasteiger partial charge in [-0.15, -0.1) is 21.5 Å². The van der Waals surface area contributed by atoms with Crippen LogP contribution in [0.15, 0.2) is 16.2 Å². The Morgan fingerprint density at radius 1 is 1.33 bits per heavy atom. The van der Waals surface area contributed by atoms with Crippen molar-refractivity contribution in [2.24, 2.45) is 0 Å². The normalized spacial score (nSPS) is 11.7. The fraction of sp³-hybridized carbons (Fsp3) is 0.438. The van der Waals surface area contributed by atoms with Gasteiger partial charge in [-0.25, -0.2) is 0 Å². The van der Waals surface area contributed by atoms with Crippen molar-refractivity contribution in [1.29, 1.82) is 0 Å². The quantitative estimate of drug-likeness (QED) is 0.628. The third-order valence-electron chi connectivity index (χ3n) is 4.13. The number of H-pyrrole nitrogens is 1. The molecule has 3 aromatic rings.